The molecule has 0 fully saturated rings. The molecule has 26 heavy (non-hydrogen) atoms. The number of rotatable bonds is 11. The van der Waals surface area contributed by atoms with Gasteiger partial charge in [-0.05, 0) is 12.1 Å². The molecule has 1 aromatic carbocycles. The van der Waals surface area contributed by atoms with Gasteiger partial charge in [0.15, 0.2) is 11.5 Å². The van der Waals surface area contributed by atoms with Crippen LogP contribution in [-0.2, 0) is 27.4 Å². The third-order valence-electron chi connectivity index (χ3n) is 3.56. The van der Waals surface area contributed by atoms with E-state index in [9.17, 15) is 4.79 Å². The molecule has 1 heterocycles. The number of benzene rings is 1. The normalized spacial score (nSPS) is 10.6. The fraction of sp³-hybridized carbons (Fsp3) is 0.444. The Morgan fingerprint density at radius 2 is 1.92 bits per heavy atom. The van der Waals surface area contributed by atoms with Crippen LogP contribution >= 0.6 is 11.3 Å². The zero-order valence-corrected chi connectivity index (χ0v) is 16.1. The Balaban J connectivity index is 1.95. The molecule has 2 rings (SSSR count). The van der Waals surface area contributed by atoms with Crippen molar-refractivity contribution in [1.29, 1.82) is 0 Å². The van der Waals surface area contributed by atoms with E-state index in [0.29, 0.717) is 37.8 Å². The molecule has 0 N–H and O–H groups in total. The zero-order valence-electron chi connectivity index (χ0n) is 15.3. The molecule has 0 radical (unpaired) electrons. The summed E-state index contributed by atoms with van der Waals surface area (Å²) in [4.78, 5) is 18.3. The van der Waals surface area contributed by atoms with Gasteiger partial charge in [0.25, 0.3) is 0 Å². The molecule has 0 bridgehead atoms. The minimum Gasteiger partial charge on any atom is -0.493 e. The molecular formula is C18H24N2O5S. The van der Waals surface area contributed by atoms with Crippen molar-refractivity contribution in [2.24, 2.45) is 0 Å². The first-order chi connectivity index (χ1) is 12.7. The number of aromatic nitrogens is 1. The fourth-order valence-electron chi connectivity index (χ4n) is 2.27. The van der Waals surface area contributed by atoms with E-state index in [1.807, 2.05) is 29.6 Å². The second-order valence-electron chi connectivity index (χ2n) is 5.41. The monoisotopic (exact) mass is 380 g/mol. The van der Waals surface area contributed by atoms with Gasteiger partial charge in [0.2, 0.25) is 5.91 Å². The maximum Gasteiger partial charge on any atom is 0.248 e. The smallest absolute Gasteiger partial charge is 0.248 e. The van der Waals surface area contributed by atoms with Crippen molar-refractivity contribution < 1.29 is 23.7 Å². The van der Waals surface area contributed by atoms with Gasteiger partial charge in [0.05, 0.1) is 26.0 Å². The molecule has 8 heteroatoms. The number of hydrogen-bond donors (Lipinski definition) is 0. The van der Waals surface area contributed by atoms with Crippen molar-refractivity contribution in [1.82, 2.24) is 9.88 Å². The van der Waals surface area contributed by atoms with Crippen LogP contribution in [0.25, 0.3) is 0 Å². The molecule has 0 atom stereocenters. The minimum absolute atomic E-state index is 0.0393. The first kappa shape index (κ1) is 20.2. The summed E-state index contributed by atoms with van der Waals surface area (Å²) in [5.41, 5.74) is 0.814. The summed E-state index contributed by atoms with van der Waals surface area (Å²) in [5, 5.41) is 2.76. The molecule has 1 aromatic heterocycles. The predicted molar refractivity (Wildman–Crippen MR) is 98.6 cm³/mol. The van der Waals surface area contributed by atoms with E-state index in [4.69, 9.17) is 18.9 Å². The maximum atomic E-state index is 12.1. The van der Waals surface area contributed by atoms with Gasteiger partial charge in [0.1, 0.15) is 18.2 Å². The van der Waals surface area contributed by atoms with Gasteiger partial charge in [-0.25, -0.2) is 4.98 Å². The first-order valence-electron chi connectivity index (χ1n) is 8.12. The van der Waals surface area contributed by atoms with Crippen LogP contribution in [0.3, 0.4) is 0 Å². The number of ether oxygens (including phenoxy) is 4. The average Bonchev–Trinajstić information content (AvgIpc) is 3.11. The van der Waals surface area contributed by atoms with E-state index in [0.717, 1.165) is 10.7 Å². The van der Waals surface area contributed by atoms with E-state index in [1.165, 1.54) is 18.4 Å². The number of para-hydroxylation sites is 2. The molecule has 0 aliphatic carbocycles. The number of carbonyl (C=O) groups is 1. The van der Waals surface area contributed by atoms with Crippen LogP contribution in [0.15, 0.2) is 29.6 Å². The van der Waals surface area contributed by atoms with E-state index in [-0.39, 0.29) is 12.5 Å². The second kappa shape index (κ2) is 10.7. The highest BCUT2D eigenvalue weighted by molar-refractivity contribution is 7.09. The van der Waals surface area contributed by atoms with Gasteiger partial charge in [-0.3, -0.25) is 4.79 Å². The van der Waals surface area contributed by atoms with Gasteiger partial charge in [-0.2, -0.15) is 0 Å². The Labute approximate surface area is 157 Å². The Bertz CT molecular complexity index is 692. The topological polar surface area (TPSA) is 70.1 Å². The van der Waals surface area contributed by atoms with Gasteiger partial charge >= 0.3 is 0 Å². The van der Waals surface area contributed by atoms with Gasteiger partial charge in [-0.15, -0.1) is 11.3 Å². The van der Waals surface area contributed by atoms with Crippen LogP contribution < -0.4 is 9.47 Å². The van der Waals surface area contributed by atoms with Crippen molar-refractivity contribution in [3.05, 3.63) is 40.3 Å². The van der Waals surface area contributed by atoms with Crippen molar-refractivity contribution in [2.75, 3.05) is 41.1 Å². The third-order valence-corrected chi connectivity index (χ3v) is 4.43. The molecular weight excluding hydrogens is 356 g/mol. The first-order valence-corrected chi connectivity index (χ1v) is 9.00. The zero-order chi connectivity index (χ0) is 18.8. The maximum absolute atomic E-state index is 12.1. The van der Waals surface area contributed by atoms with Crippen molar-refractivity contribution >= 4 is 17.2 Å². The summed E-state index contributed by atoms with van der Waals surface area (Å²) in [7, 11) is 4.72. The summed E-state index contributed by atoms with van der Waals surface area (Å²) in [6.45, 7) is 1.75. The summed E-state index contributed by atoms with van der Waals surface area (Å²) < 4.78 is 21.1. The van der Waals surface area contributed by atoms with Crippen molar-refractivity contribution in [2.45, 2.75) is 13.2 Å². The number of thiazole rings is 1. The Kier molecular flexibility index (Phi) is 8.33. The average molecular weight is 380 g/mol. The third kappa shape index (κ3) is 5.98. The van der Waals surface area contributed by atoms with Crippen LogP contribution in [-0.4, -0.2) is 56.9 Å². The molecule has 0 aliphatic rings. The van der Waals surface area contributed by atoms with E-state index < -0.39 is 0 Å². The summed E-state index contributed by atoms with van der Waals surface area (Å²) in [5.74, 6) is 1.26. The summed E-state index contributed by atoms with van der Waals surface area (Å²) in [6.07, 6.45) is 0. The lowest BCUT2D eigenvalue weighted by molar-refractivity contribution is -0.136. The lowest BCUT2D eigenvalue weighted by atomic mass is 10.3. The SMILES string of the molecule is COCCN(Cc1csc(COc2ccccc2OC)n1)C(=O)COC. The van der Waals surface area contributed by atoms with Gasteiger partial charge in [0, 0.05) is 26.1 Å². The highest BCUT2D eigenvalue weighted by atomic mass is 32.1. The Morgan fingerprint density at radius 1 is 1.15 bits per heavy atom. The number of carbonyl (C=O) groups excluding carboxylic acids is 1. The van der Waals surface area contributed by atoms with Crippen LogP contribution in [0.5, 0.6) is 11.5 Å². The molecule has 0 aliphatic heterocycles. The standard InChI is InChI=1S/C18H24N2O5S/c1-22-9-8-20(18(21)12-23-2)10-14-13-26-17(19-14)11-25-16-7-5-4-6-15(16)24-3/h4-7,13H,8-12H2,1-3H3. The summed E-state index contributed by atoms with van der Waals surface area (Å²) in [6, 6.07) is 7.47. The van der Waals surface area contributed by atoms with Crippen LogP contribution in [0.4, 0.5) is 0 Å². The van der Waals surface area contributed by atoms with E-state index in [2.05, 4.69) is 4.98 Å². The van der Waals surface area contributed by atoms with Crippen LogP contribution in [0.1, 0.15) is 10.7 Å². The minimum atomic E-state index is -0.0932. The molecule has 0 saturated heterocycles. The second-order valence-corrected chi connectivity index (χ2v) is 6.36. The molecule has 0 spiro atoms. The number of methoxy groups -OCH3 is 3. The highest BCUT2D eigenvalue weighted by Gasteiger charge is 2.15. The van der Waals surface area contributed by atoms with E-state index >= 15 is 0 Å². The Hall–Kier alpha value is -2.16. The largest absolute Gasteiger partial charge is 0.493 e. The van der Waals surface area contributed by atoms with Crippen LogP contribution in [0.2, 0.25) is 0 Å². The molecule has 0 unspecified atom stereocenters. The van der Waals surface area contributed by atoms with Crippen LogP contribution in [0, 0.1) is 0 Å². The number of nitrogens with zero attached hydrogens (tertiary/aromatic N) is 2. The van der Waals surface area contributed by atoms with E-state index in [1.54, 1.807) is 19.1 Å². The number of amides is 1. The summed E-state index contributed by atoms with van der Waals surface area (Å²) >= 11 is 1.50. The lowest BCUT2D eigenvalue weighted by Gasteiger charge is -2.21. The highest BCUT2D eigenvalue weighted by Crippen LogP contribution is 2.27. The van der Waals surface area contributed by atoms with Gasteiger partial charge < -0.3 is 23.8 Å². The molecule has 142 valence electrons. The molecule has 1 amide bonds. The quantitative estimate of drug-likeness (QED) is 0.596. The number of hydrogen-bond acceptors (Lipinski definition) is 7. The predicted octanol–water partition coefficient (Wildman–Crippen LogP) is 2.35. The van der Waals surface area contributed by atoms with Crippen molar-refractivity contribution in [3.8, 4) is 11.5 Å². The van der Waals surface area contributed by atoms with Crippen molar-refractivity contribution in [3.63, 3.8) is 0 Å². The molecule has 2 aromatic rings. The Morgan fingerprint density at radius 3 is 2.62 bits per heavy atom. The van der Waals surface area contributed by atoms with Gasteiger partial charge in [-0.1, -0.05) is 12.1 Å². The molecule has 0 saturated carbocycles. The lowest BCUT2D eigenvalue weighted by Crippen LogP contribution is -2.36. The molecule has 7 nitrogen and oxygen atoms in total. The fourth-order valence-corrected chi connectivity index (χ4v) is 2.97.